The van der Waals surface area contributed by atoms with E-state index in [-0.39, 0.29) is 29.8 Å². The molecule has 0 atom stereocenters. The lowest BCUT2D eigenvalue weighted by Gasteiger charge is -2.14. The summed E-state index contributed by atoms with van der Waals surface area (Å²) in [5.41, 5.74) is 1.71. The largest absolute Gasteiger partial charge is 0.490 e. The highest BCUT2D eigenvalue weighted by Gasteiger charge is 2.17. The number of hydrogen-bond acceptors (Lipinski definition) is 4. The van der Waals surface area contributed by atoms with E-state index in [4.69, 9.17) is 4.74 Å². The van der Waals surface area contributed by atoms with Gasteiger partial charge in [0.15, 0.2) is 0 Å². The molecule has 0 spiro atoms. The number of pyridine rings is 1. The summed E-state index contributed by atoms with van der Waals surface area (Å²) in [5.74, 6) is -0.421. The van der Waals surface area contributed by atoms with E-state index in [1.54, 1.807) is 18.2 Å². The Morgan fingerprint density at radius 1 is 0.970 bits per heavy atom. The van der Waals surface area contributed by atoms with Gasteiger partial charge >= 0.3 is 0 Å². The molecule has 0 bridgehead atoms. The molecule has 170 valence electrons. The molecule has 1 saturated carbocycles. The summed E-state index contributed by atoms with van der Waals surface area (Å²) in [4.78, 5) is 29.0. The Morgan fingerprint density at radius 2 is 1.82 bits per heavy atom. The number of nitrogens with one attached hydrogen (secondary N) is 2. The van der Waals surface area contributed by atoms with E-state index in [2.05, 4.69) is 15.6 Å². The molecular weight excluding hydrogens is 421 g/mol. The van der Waals surface area contributed by atoms with Crippen LogP contribution in [0.25, 0.3) is 0 Å². The van der Waals surface area contributed by atoms with E-state index in [1.165, 1.54) is 37.2 Å². The Hall–Kier alpha value is -3.74. The fourth-order valence-corrected chi connectivity index (χ4v) is 3.86. The van der Waals surface area contributed by atoms with Crippen LogP contribution in [0.4, 0.5) is 15.8 Å². The van der Waals surface area contributed by atoms with Crippen molar-refractivity contribution in [2.75, 3.05) is 10.6 Å². The lowest BCUT2D eigenvalue weighted by Crippen LogP contribution is -2.18. The molecule has 0 aliphatic heterocycles. The topological polar surface area (TPSA) is 80.3 Å². The third-order valence-electron chi connectivity index (χ3n) is 5.55. The van der Waals surface area contributed by atoms with Crippen LogP contribution in [0.2, 0.25) is 0 Å². The van der Waals surface area contributed by atoms with Crippen molar-refractivity contribution in [2.45, 2.75) is 44.6 Å². The smallest absolute Gasteiger partial charge is 0.274 e. The van der Waals surface area contributed by atoms with Crippen LogP contribution < -0.4 is 15.4 Å². The first-order chi connectivity index (χ1) is 16.1. The molecule has 1 aliphatic carbocycles. The molecule has 7 heteroatoms. The van der Waals surface area contributed by atoms with Crippen LogP contribution in [0.5, 0.6) is 5.75 Å². The Morgan fingerprint density at radius 3 is 2.61 bits per heavy atom. The maximum atomic E-state index is 13.8. The second-order valence-electron chi connectivity index (χ2n) is 8.08. The van der Waals surface area contributed by atoms with E-state index in [1.807, 2.05) is 24.3 Å². The fourth-order valence-electron chi connectivity index (χ4n) is 3.86. The average Bonchev–Trinajstić information content (AvgIpc) is 3.33. The zero-order chi connectivity index (χ0) is 23.0. The highest BCUT2D eigenvalue weighted by Crippen LogP contribution is 2.26. The first-order valence-electron chi connectivity index (χ1n) is 11.1. The Kier molecular flexibility index (Phi) is 7.29. The van der Waals surface area contributed by atoms with Gasteiger partial charge in [0.2, 0.25) is 5.91 Å². The van der Waals surface area contributed by atoms with Gasteiger partial charge in [-0.15, -0.1) is 0 Å². The molecule has 2 N–H and O–H groups in total. The van der Waals surface area contributed by atoms with Crippen molar-refractivity contribution in [3.05, 3.63) is 83.9 Å². The molecule has 0 saturated heterocycles. The minimum atomic E-state index is -0.516. The van der Waals surface area contributed by atoms with Gasteiger partial charge in [0.25, 0.3) is 5.91 Å². The Balaban J connectivity index is 1.36. The molecule has 0 unspecified atom stereocenters. The monoisotopic (exact) mass is 447 g/mol. The maximum Gasteiger partial charge on any atom is 0.274 e. The molecule has 1 aliphatic rings. The average molecular weight is 448 g/mol. The molecule has 1 aromatic heterocycles. The molecular formula is C26H26FN3O3. The van der Waals surface area contributed by atoms with Crippen molar-refractivity contribution >= 4 is 23.2 Å². The normalized spacial score (nSPS) is 13.5. The van der Waals surface area contributed by atoms with Crippen molar-refractivity contribution in [1.29, 1.82) is 0 Å². The van der Waals surface area contributed by atoms with E-state index >= 15 is 0 Å². The molecule has 1 fully saturated rings. The molecule has 6 nitrogen and oxygen atoms in total. The van der Waals surface area contributed by atoms with Crippen molar-refractivity contribution in [2.24, 2.45) is 0 Å². The summed E-state index contributed by atoms with van der Waals surface area (Å²) < 4.78 is 19.9. The van der Waals surface area contributed by atoms with Gasteiger partial charge in [-0.25, -0.2) is 4.39 Å². The van der Waals surface area contributed by atoms with E-state index < -0.39 is 11.7 Å². The van der Waals surface area contributed by atoms with Crippen LogP contribution >= 0.6 is 0 Å². The number of carbonyl (C=O) groups excluding carboxylic acids is 2. The number of nitrogens with zero attached hydrogens (tertiary/aromatic N) is 1. The Labute approximate surface area is 192 Å². The van der Waals surface area contributed by atoms with Crippen LogP contribution in [0, 0.1) is 5.82 Å². The van der Waals surface area contributed by atoms with Gasteiger partial charge in [0, 0.05) is 12.6 Å². The van der Waals surface area contributed by atoms with Gasteiger partial charge < -0.3 is 15.4 Å². The lowest BCUT2D eigenvalue weighted by molar-refractivity contribution is -0.116. The van der Waals surface area contributed by atoms with Gasteiger partial charge in [-0.1, -0.05) is 18.2 Å². The third kappa shape index (κ3) is 6.38. The summed E-state index contributed by atoms with van der Waals surface area (Å²) in [5, 5.41) is 5.38. The zero-order valence-electron chi connectivity index (χ0n) is 18.2. The molecule has 3 aromatic rings. The predicted octanol–water partition coefficient (Wildman–Crippen LogP) is 5.37. The third-order valence-corrected chi connectivity index (χ3v) is 5.55. The highest BCUT2D eigenvalue weighted by molar-refractivity contribution is 6.06. The number of amides is 2. The van der Waals surface area contributed by atoms with Gasteiger partial charge in [-0.2, -0.15) is 0 Å². The second-order valence-corrected chi connectivity index (χ2v) is 8.08. The van der Waals surface area contributed by atoms with Crippen LogP contribution in [0.15, 0.2) is 66.9 Å². The Bertz CT molecular complexity index is 1110. The summed E-state index contributed by atoms with van der Waals surface area (Å²) in [6.45, 7) is 0. The molecule has 33 heavy (non-hydrogen) atoms. The number of aryl methyl sites for hydroxylation is 1. The van der Waals surface area contributed by atoms with Gasteiger partial charge in [0.1, 0.15) is 17.3 Å². The second kappa shape index (κ2) is 10.7. The number of benzene rings is 2. The molecule has 0 radical (unpaired) electrons. The van der Waals surface area contributed by atoms with Gasteiger partial charge in [0.05, 0.1) is 17.5 Å². The maximum absolute atomic E-state index is 13.8. The summed E-state index contributed by atoms with van der Waals surface area (Å²) >= 11 is 0. The van der Waals surface area contributed by atoms with Crippen molar-refractivity contribution in [3.8, 4) is 5.75 Å². The first kappa shape index (κ1) is 22.5. The molecule has 2 amide bonds. The van der Waals surface area contributed by atoms with Gasteiger partial charge in [-0.3, -0.25) is 14.6 Å². The number of ether oxygens (including phenoxy) is 1. The van der Waals surface area contributed by atoms with E-state index in [0.29, 0.717) is 12.1 Å². The fraction of sp³-hybridized carbons (Fsp3) is 0.269. The van der Waals surface area contributed by atoms with Crippen LogP contribution in [-0.4, -0.2) is 22.9 Å². The number of hydrogen-bond donors (Lipinski definition) is 2. The van der Waals surface area contributed by atoms with E-state index in [0.717, 1.165) is 24.2 Å². The number of carbonyl (C=O) groups is 2. The van der Waals surface area contributed by atoms with Gasteiger partial charge in [-0.05, 0) is 80.1 Å². The van der Waals surface area contributed by atoms with E-state index in [9.17, 15) is 14.0 Å². The molecule has 2 aromatic carbocycles. The standard InChI is InChI=1S/C26H26FN3O3/c27-19-12-13-22(30-26(32)23-10-3-4-15-28-23)24(17-19)29-25(31)14-11-18-6-5-9-21(16-18)33-20-7-1-2-8-20/h3-6,9-10,12-13,15-17,20H,1-2,7-8,11,14H2,(H,29,31)(H,30,32). The number of halogens is 1. The highest BCUT2D eigenvalue weighted by atomic mass is 19.1. The van der Waals surface area contributed by atoms with Crippen LogP contribution in [-0.2, 0) is 11.2 Å². The van der Waals surface area contributed by atoms with Crippen molar-refractivity contribution < 1.29 is 18.7 Å². The zero-order valence-corrected chi connectivity index (χ0v) is 18.2. The number of anilines is 2. The minimum absolute atomic E-state index is 0.197. The van der Waals surface area contributed by atoms with Crippen LogP contribution in [0.3, 0.4) is 0 Å². The summed E-state index contributed by atoms with van der Waals surface area (Å²) in [6, 6.07) is 16.6. The number of aromatic nitrogens is 1. The lowest BCUT2D eigenvalue weighted by atomic mass is 10.1. The van der Waals surface area contributed by atoms with Crippen molar-refractivity contribution in [1.82, 2.24) is 4.98 Å². The quantitative estimate of drug-likeness (QED) is 0.487. The predicted molar refractivity (Wildman–Crippen MR) is 125 cm³/mol. The summed E-state index contributed by atoms with van der Waals surface area (Å²) in [7, 11) is 0. The SMILES string of the molecule is O=C(CCc1cccc(OC2CCCC2)c1)Nc1cc(F)ccc1NC(=O)c1ccccn1. The molecule has 1 heterocycles. The van der Waals surface area contributed by atoms with Crippen LogP contribution in [0.1, 0.15) is 48.2 Å². The minimum Gasteiger partial charge on any atom is -0.490 e. The first-order valence-corrected chi connectivity index (χ1v) is 11.1. The molecule has 4 rings (SSSR count). The van der Waals surface area contributed by atoms with Crippen molar-refractivity contribution in [3.63, 3.8) is 0 Å². The number of rotatable bonds is 8. The summed E-state index contributed by atoms with van der Waals surface area (Å²) in [6.07, 6.45) is 7.07.